The number of ether oxygens (including phenoxy) is 1. The zero-order valence-electron chi connectivity index (χ0n) is 11.7. The second-order valence-electron chi connectivity index (χ2n) is 4.47. The second kappa shape index (κ2) is 6.85. The Balaban J connectivity index is 2.21. The van der Waals surface area contributed by atoms with Gasteiger partial charge in [-0.25, -0.2) is 10.8 Å². The third kappa shape index (κ3) is 3.69. The maximum absolute atomic E-state index is 6.19. The predicted octanol–water partition coefficient (Wildman–Crippen LogP) is 3.32. The van der Waals surface area contributed by atoms with Gasteiger partial charge in [0.25, 0.3) is 0 Å². The van der Waals surface area contributed by atoms with Crippen LogP contribution in [0, 0.1) is 0 Å². The molecule has 112 valence electrons. The average Bonchev–Trinajstić information content (AvgIpc) is 2.48. The summed E-state index contributed by atoms with van der Waals surface area (Å²) >= 11 is 12.2. The third-order valence-electron chi connectivity index (χ3n) is 2.99. The molecule has 0 aliphatic carbocycles. The molecule has 1 aromatic heterocycles. The fourth-order valence-corrected chi connectivity index (χ4v) is 2.46. The van der Waals surface area contributed by atoms with Crippen LogP contribution < -0.4 is 20.9 Å². The smallest absolute Gasteiger partial charge is 0.161 e. The highest BCUT2D eigenvalue weighted by atomic mass is 35.5. The lowest BCUT2D eigenvalue weighted by molar-refractivity contribution is 0.414. The van der Waals surface area contributed by atoms with E-state index in [0.29, 0.717) is 28.2 Å². The van der Waals surface area contributed by atoms with Gasteiger partial charge in [-0.3, -0.25) is 0 Å². The largest absolute Gasteiger partial charge is 0.497 e. The number of nitrogens with two attached hydrogens (primary N) is 1. The van der Waals surface area contributed by atoms with Crippen molar-refractivity contribution in [3.05, 3.63) is 45.9 Å². The molecule has 0 atom stereocenters. The normalized spacial score (nSPS) is 10.3. The number of hydrogen-bond acceptors (Lipinski definition) is 5. The number of rotatable bonds is 5. The van der Waals surface area contributed by atoms with Crippen molar-refractivity contribution in [2.45, 2.75) is 6.54 Å². The molecule has 1 heterocycles. The van der Waals surface area contributed by atoms with E-state index in [0.717, 1.165) is 11.3 Å². The van der Waals surface area contributed by atoms with Crippen molar-refractivity contribution >= 4 is 34.8 Å². The molecule has 0 spiro atoms. The van der Waals surface area contributed by atoms with Crippen LogP contribution in [-0.2, 0) is 6.54 Å². The number of nitrogen functional groups attached to an aromatic ring is 1. The minimum absolute atomic E-state index is 0.379. The molecule has 0 amide bonds. The molecule has 5 nitrogen and oxygen atoms in total. The molecular weight excluding hydrogens is 311 g/mol. The number of aromatic nitrogens is 1. The van der Waals surface area contributed by atoms with Gasteiger partial charge in [0.2, 0.25) is 0 Å². The molecule has 0 aliphatic heterocycles. The summed E-state index contributed by atoms with van der Waals surface area (Å²) in [6.07, 6.45) is 0. The van der Waals surface area contributed by atoms with Gasteiger partial charge in [-0.15, -0.1) is 0 Å². The Morgan fingerprint density at radius 1 is 1.24 bits per heavy atom. The van der Waals surface area contributed by atoms with E-state index in [4.69, 9.17) is 33.8 Å². The van der Waals surface area contributed by atoms with E-state index in [9.17, 15) is 0 Å². The molecule has 3 N–H and O–H groups in total. The number of nitrogens with one attached hydrogen (secondary N) is 1. The Morgan fingerprint density at radius 3 is 2.48 bits per heavy atom. The molecule has 0 radical (unpaired) electrons. The molecule has 2 rings (SSSR count). The van der Waals surface area contributed by atoms with Crippen LogP contribution in [0.3, 0.4) is 0 Å². The number of pyridine rings is 1. The van der Waals surface area contributed by atoms with Crippen LogP contribution in [-0.4, -0.2) is 19.1 Å². The number of anilines is 2. The first-order valence-electron chi connectivity index (χ1n) is 6.22. The summed E-state index contributed by atoms with van der Waals surface area (Å²) in [6.45, 7) is 0.641. The zero-order chi connectivity index (χ0) is 15.4. The van der Waals surface area contributed by atoms with Crippen LogP contribution in [0.5, 0.6) is 5.75 Å². The van der Waals surface area contributed by atoms with Crippen LogP contribution in [0.1, 0.15) is 5.56 Å². The van der Waals surface area contributed by atoms with Gasteiger partial charge >= 0.3 is 0 Å². The van der Waals surface area contributed by atoms with Gasteiger partial charge in [-0.05, 0) is 23.8 Å². The lowest BCUT2D eigenvalue weighted by atomic mass is 10.2. The first-order valence-corrected chi connectivity index (χ1v) is 6.97. The number of methoxy groups -OCH3 is 1. The van der Waals surface area contributed by atoms with E-state index in [2.05, 4.69) is 10.4 Å². The second-order valence-corrected chi connectivity index (χ2v) is 5.29. The van der Waals surface area contributed by atoms with Crippen molar-refractivity contribution in [2.75, 3.05) is 24.5 Å². The van der Waals surface area contributed by atoms with Gasteiger partial charge in [-0.2, -0.15) is 0 Å². The summed E-state index contributed by atoms with van der Waals surface area (Å²) in [6, 6.07) is 9.41. The number of halogens is 2. The lowest BCUT2D eigenvalue weighted by Crippen LogP contribution is -2.19. The highest BCUT2D eigenvalue weighted by molar-refractivity contribution is 6.37. The van der Waals surface area contributed by atoms with Gasteiger partial charge in [-0.1, -0.05) is 35.3 Å². The maximum atomic E-state index is 6.19. The van der Waals surface area contributed by atoms with Crippen molar-refractivity contribution in [3.63, 3.8) is 0 Å². The topological polar surface area (TPSA) is 63.4 Å². The molecule has 7 heteroatoms. The molecule has 21 heavy (non-hydrogen) atoms. The molecule has 1 aromatic carbocycles. The van der Waals surface area contributed by atoms with Gasteiger partial charge in [0, 0.05) is 13.6 Å². The minimum Gasteiger partial charge on any atom is -0.497 e. The Morgan fingerprint density at radius 2 is 1.90 bits per heavy atom. The van der Waals surface area contributed by atoms with Crippen LogP contribution >= 0.6 is 23.2 Å². The van der Waals surface area contributed by atoms with E-state index in [1.807, 2.05) is 36.2 Å². The molecule has 0 unspecified atom stereocenters. The minimum atomic E-state index is 0.379. The third-order valence-corrected chi connectivity index (χ3v) is 3.55. The van der Waals surface area contributed by atoms with Crippen molar-refractivity contribution in [3.8, 4) is 5.75 Å². The van der Waals surface area contributed by atoms with Crippen molar-refractivity contribution in [2.24, 2.45) is 5.84 Å². The molecule has 0 saturated heterocycles. The van der Waals surface area contributed by atoms with E-state index < -0.39 is 0 Å². The Kier molecular flexibility index (Phi) is 5.12. The summed E-state index contributed by atoms with van der Waals surface area (Å²) in [5, 5.41) is 0.846. The molecule has 0 aliphatic rings. The van der Waals surface area contributed by atoms with Gasteiger partial charge in [0.1, 0.15) is 11.6 Å². The Hall–Kier alpha value is -1.69. The number of hydrazine groups is 1. The fraction of sp³-hybridized carbons (Fsp3) is 0.214. The first kappa shape index (κ1) is 15.7. The summed E-state index contributed by atoms with van der Waals surface area (Å²) in [4.78, 5) is 6.24. The van der Waals surface area contributed by atoms with Gasteiger partial charge in [0.15, 0.2) is 5.82 Å². The molecule has 0 fully saturated rings. The van der Waals surface area contributed by atoms with E-state index in [1.54, 1.807) is 13.2 Å². The number of hydrogen-bond donors (Lipinski definition) is 2. The van der Waals surface area contributed by atoms with Crippen LogP contribution in [0.4, 0.5) is 11.6 Å². The quantitative estimate of drug-likeness (QED) is 0.651. The Labute approximate surface area is 133 Å². The van der Waals surface area contributed by atoms with Gasteiger partial charge < -0.3 is 15.1 Å². The lowest BCUT2D eigenvalue weighted by Gasteiger charge is -2.20. The SMILES string of the molecule is COc1ccc(CN(C)c2nc(NN)c(Cl)cc2Cl)cc1. The summed E-state index contributed by atoms with van der Waals surface area (Å²) < 4.78 is 5.14. The van der Waals surface area contributed by atoms with Crippen LogP contribution in [0.2, 0.25) is 10.0 Å². The highest BCUT2D eigenvalue weighted by Crippen LogP contribution is 2.31. The molecular formula is C14H16Cl2N4O. The van der Waals surface area contributed by atoms with E-state index in [-0.39, 0.29) is 0 Å². The molecule has 2 aromatic rings. The van der Waals surface area contributed by atoms with E-state index >= 15 is 0 Å². The van der Waals surface area contributed by atoms with E-state index in [1.165, 1.54) is 0 Å². The van der Waals surface area contributed by atoms with Crippen molar-refractivity contribution < 1.29 is 4.74 Å². The summed E-state index contributed by atoms with van der Waals surface area (Å²) in [7, 11) is 3.53. The summed E-state index contributed by atoms with van der Waals surface area (Å²) in [5.41, 5.74) is 3.56. The monoisotopic (exact) mass is 326 g/mol. The zero-order valence-corrected chi connectivity index (χ0v) is 13.2. The molecule has 0 saturated carbocycles. The first-order chi connectivity index (χ1) is 10.0. The van der Waals surface area contributed by atoms with Crippen LogP contribution in [0.25, 0.3) is 0 Å². The van der Waals surface area contributed by atoms with Gasteiger partial charge in [0.05, 0.1) is 17.2 Å². The fourth-order valence-electron chi connectivity index (χ4n) is 1.91. The highest BCUT2D eigenvalue weighted by Gasteiger charge is 2.13. The van der Waals surface area contributed by atoms with Crippen molar-refractivity contribution in [1.82, 2.24) is 4.98 Å². The summed E-state index contributed by atoms with van der Waals surface area (Å²) in [5.74, 6) is 7.19. The van der Waals surface area contributed by atoms with Crippen LogP contribution in [0.15, 0.2) is 30.3 Å². The number of benzene rings is 1. The Bertz CT molecular complexity index is 619. The standard InChI is InChI=1S/C14H16Cl2N4O/c1-20(8-9-3-5-10(21-2)6-4-9)14-12(16)7-11(15)13(18-14)19-17/h3-7H,8,17H2,1-2H3,(H,18,19). The molecule has 0 bridgehead atoms. The maximum Gasteiger partial charge on any atom is 0.161 e. The van der Waals surface area contributed by atoms with Crippen molar-refractivity contribution in [1.29, 1.82) is 0 Å². The average molecular weight is 327 g/mol. The number of nitrogens with zero attached hydrogens (tertiary/aromatic N) is 2. The predicted molar refractivity (Wildman–Crippen MR) is 87.2 cm³/mol.